The lowest BCUT2D eigenvalue weighted by atomic mass is 10.1. The molecule has 118 valence electrons. The predicted molar refractivity (Wildman–Crippen MR) is 85.7 cm³/mol. The Balaban J connectivity index is 2.36. The number of halogens is 4. The number of anilines is 2. The SMILES string of the molecule is CN(C)c1ccc(NC(=O)c2ccc(Br)s2)c(C(F)(F)F)c1. The van der Waals surface area contributed by atoms with Crippen molar-refractivity contribution in [3.63, 3.8) is 0 Å². The second kappa shape index (κ2) is 6.29. The van der Waals surface area contributed by atoms with E-state index in [1.54, 1.807) is 31.1 Å². The van der Waals surface area contributed by atoms with Crippen molar-refractivity contribution in [2.45, 2.75) is 6.18 Å². The molecular weight excluding hydrogens is 381 g/mol. The van der Waals surface area contributed by atoms with Crippen molar-refractivity contribution in [1.29, 1.82) is 0 Å². The molecule has 1 aromatic carbocycles. The van der Waals surface area contributed by atoms with Crippen molar-refractivity contribution >= 4 is 44.5 Å². The number of rotatable bonds is 3. The molecule has 0 aliphatic rings. The zero-order valence-electron chi connectivity index (χ0n) is 11.7. The number of benzene rings is 1. The molecule has 3 nitrogen and oxygen atoms in total. The van der Waals surface area contributed by atoms with Crippen LogP contribution in [0.4, 0.5) is 24.5 Å². The van der Waals surface area contributed by atoms with Crippen molar-refractivity contribution in [2.24, 2.45) is 0 Å². The summed E-state index contributed by atoms with van der Waals surface area (Å²) in [7, 11) is 3.30. The second-order valence-electron chi connectivity index (χ2n) is 4.68. The van der Waals surface area contributed by atoms with Gasteiger partial charge in [0.15, 0.2) is 0 Å². The third kappa shape index (κ3) is 3.80. The average molecular weight is 393 g/mol. The van der Waals surface area contributed by atoms with Gasteiger partial charge in [0.05, 0.1) is 19.9 Å². The van der Waals surface area contributed by atoms with Gasteiger partial charge < -0.3 is 10.2 Å². The van der Waals surface area contributed by atoms with Crippen molar-refractivity contribution in [1.82, 2.24) is 0 Å². The van der Waals surface area contributed by atoms with E-state index in [1.807, 2.05) is 0 Å². The molecule has 1 aromatic heterocycles. The summed E-state index contributed by atoms with van der Waals surface area (Å²) in [5, 5.41) is 2.32. The van der Waals surface area contributed by atoms with Crippen LogP contribution in [0.5, 0.6) is 0 Å². The molecule has 2 rings (SSSR count). The molecular formula is C14H12BrF3N2OS. The number of amides is 1. The molecule has 2 aromatic rings. The Morgan fingerprint density at radius 2 is 1.91 bits per heavy atom. The van der Waals surface area contributed by atoms with E-state index in [0.717, 1.165) is 21.2 Å². The third-order valence-electron chi connectivity index (χ3n) is 2.87. The van der Waals surface area contributed by atoms with Crippen LogP contribution in [0.25, 0.3) is 0 Å². The van der Waals surface area contributed by atoms with Crippen molar-refractivity contribution < 1.29 is 18.0 Å². The van der Waals surface area contributed by atoms with Crippen LogP contribution in [0, 0.1) is 0 Å². The summed E-state index contributed by atoms with van der Waals surface area (Å²) in [6.45, 7) is 0. The number of nitrogens with zero attached hydrogens (tertiary/aromatic N) is 1. The van der Waals surface area contributed by atoms with E-state index in [1.165, 1.54) is 12.1 Å². The van der Waals surface area contributed by atoms with Crippen molar-refractivity contribution in [2.75, 3.05) is 24.3 Å². The largest absolute Gasteiger partial charge is 0.418 e. The Kier molecular flexibility index (Phi) is 4.81. The fraction of sp³-hybridized carbons (Fsp3) is 0.214. The molecule has 0 bridgehead atoms. The Bertz CT molecular complexity index is 698. The topological polar surface area (TPSA) is 32.3 Å². The summed E-state index contributed by atoms with van der Waals surface area (Å²) in [4.78, 5) is 13.9. The number of hydrogen-bond acceptors (Lipinski definition) is 3. The molecule has 22 heavy (non-hydrogen) atoms. The predicted octanol–water partition coefficient (Wildman–Crippen LogP) is 4.85. The van der Waals surface area contributed by atoms with Gasteiger partial charge in [-0.25, -0.2) is 0 Å². The van der Waals surface area contributed by atoms with Gasteiger partial charge >= 0.3 is 6.18 Å². The maximum atomic E-state index is 13.2. The smallest absolute Gasteiger partial charge is 0.378 e. The Morgan fingerprint density at radius 1 is 1.23 bits per heavy atom. The molecule has 1 heterocycles. The van der Waals surface area contributed by atoms with Gasteiger partial charge in [0.2, 0.25) is 0 Å². The minimum Gasteiger partial charge on any atom is -0.378 e. The molecule has 0 aliphatic carbocycles. The van der Waals surface area contributed by atoms with Crippen molar-refractivity contribution in [3.05, 3.63) is 44.6 Å². The van der Waals surface area contributed by atoms with Gasteiger partial charge in [0.1, 0.15) is 0 Å². The van der Waals surface area contributed by atoms with E-state index in [2.05, 4.69) is 21.2 Å². The molecule has 0 spiro atoms. The molecule has 0 aliphatic heterocycles. The van der Waals surface area contributed by atoms with E-state index in [-0.39, 0.29) is 5.69 Å². The monoisotopic (exact) mass is 392 g/mol. The zero-order valence-corrected chi connectivity index (χ0v) is 14.1. The number of carbonyl (C=O) groups excluding carboxylic acids is 1. The summed E-state index contributed by atoms with van der Waals surface area (Å²) >= 11 is 4.36. The summed E-state index contributed by atoms with van der Waals surface area (Å²) in [6.07, 6.45) is -4.55. The highest BCUT2D eigenvalue weighted by Crippen LogP contribution is 2.37. The molecule has 8 heteroatoms. The number of hydrogen-bond donors (Lipinski definition) is 1. The Morgan fingerprint density at radius 3 is 2.41 bits per heavy atom. The first-order chi connectivity index (χ1) is 10.2. The minimum atomic E-state index is -4.55. The van der Waals surface area contributed by atoms with Crippen LogP contribution in [0.3, 0.4) is 0 Å². The van der Waals surface area contributed by atoms with Gasteiger partial charge in [-0.05, 0) is 46.3 Å². The maximum absolute atomic E-state index is 13.2. The minimum absolute atomic E-state index is 0.257. The normalized spacial score (nSPS) is 11.4. The van der Waals surface area contributed by atoms with Crippen LogP contribution >= 0.6 is 27.3 Å². The van der Waals surface area contributed by atoms with E-state index in [9.17, 15) is 18.0 Å². The Hall–Kier alpha value is -1.54. The lowest BCUT2D eigenvalue weighted by Gasteiger charge is -2.18. The third-order valence-corrected chi connectivity index (χ3v) is 4.49. The molecule has 1 amide bonds. The molecule has 1 N–H and O–H groups in total. The highest BCUT2D eigenvalue weighted by molar-refractivity contribution is 9.11. The second-order valence-corrected chi connectivity index (χ2v) is 7.14. The summed E-state index contributed by atoms with van der Waals surface area (Å²) < 4.78 is 40.3. The van der Waals surface area contributed by atoms with Crippen LogP contribution in [-0.2, 0) is 6.18 Å². The first-order valence-electron chi connectivity index (χ1n) is 6.14. The van der Waals surface area contributed by atoms with Crippen LogP contribution in [0.2, 0.25) is 0 Å². The van der Waals surface area contributed by atoms with Crippen LogP contribution in [0.1, 0.15) is 15.2 Å². The van der Waals surface area contributed by atoms with Gasteiger partial charge in [-0.15, -0.1) is 11.3 Å². The van der Waals surface area contributed by atoms with Crippen molar-refractivity contribution in [3.8, 4) is 0 Å². The summed E-state index contributed by atoms with van der Waals surface area (Å²) in [5.41, 5.74) is -0.723. The quantitative estimate of drug-likeness (QED) is 0.809. The first-order valence-corrected chi connectivity index (χ1v) is 7.74. The number of nitrogens with one attached hydrogen (secondary N) is 1. The van der Waals surface area contributed by atoms with Gasteiger partial charge in [0, 0.05) is 19.8 Å². The maximum Gasteiger partial charge on any atom is 0.418 e. The molecule has 0 saturated heterocycles. The van der Waals surface area contributed by atoms with E-state index in [0.29, 0.717) is 10.6 Å². The highest BCUT2D eigenvalue weighted by atomic mass is 79.9. The number of alkyl halides is 3. The fourth-order valence-corrected chi connectivity index (χ4v) is 3.06. The van der Waals surface area contributed by atoms with Crippen LogP contribution in [0.15, 0.2) is 34.1 Å². The van der Waals surface area contributed by atoms with Gasteiger partial charge in [-0.2, -0.15) is 13.2 Å². The lowest BCUT2D eigenvalue weighted by Crippen LogP contribution is -2.17. The van der Waals surface area contributed by atoms with E-state index in [4.69, 9.17) is 0 Å². The average Bonchev–Trinajstić information content (AvgIpc) is 2.84. The van der Waals surface area contributed by atoms with Gasteiger partial charge in [-0.1, -0.05) is 0 Å². The van der Waals surface area contributed by atoms with E-state index < -0.39 is 17.6 Å². The van der Waals surface area contributed by atoms with Crippen LogP contribution in [-0.4, -0.2) is 20.0 Å². The number of carbonyl (C=O) groups is 1. The summed E-state index contributed by atoms with van der Waals surface area (Å²) in [5.74, 6) is -0.571. The van der Waals surface area contributed by atoms with Gasteiger partial charge in [-0.3, -0.25) is 4.79 Å². The first kappa shape index (κ1) is 16.8. The van der Waals surface area contributed by atoms with Crippen LogP contribution < -0.4 is 10.2 Å². The molecule has 0 unspecified atom stereocenters. The molecule has 0 saturated carbocycles. The summed E-state index contributed by atoms with van der Waals surface area (Å²) in [6, 6.07) is 7.01. The Labute approximate surface area is 137 Å². The standard InChI is InChI=1S/C14H12BrF3N2OS/c1-20(2)8-3-4-10(9(7-8)14(16,17)18)19-13(21)11-5-6-12(15)22-11/h3-7H,1-2H3,(H,19,21). The molecule has 0 radical (unpaired) electrons. The zero-order chi connectivity index (χ0) is 16.5. The molecule has 0 atom stereocenters. The molecule has 0 fully saturated rings. The van der Waals surface area contributed by atoms with Gasteiger partial charge in [0.25, 0.3) is 5.91 Å². The lowest BCUT2D eigenvalue weighted by molar-refractivity contribution is -0.136. The number of thiophene rings is 1. The fourth-order valence-electron chi connectivity index (χ4n) is 1.77. The highest BCUT2D eigenvalue weighted by Gasteiger charge is 2.34. The van der Waals surface area contributed by atoms with E-state index >= 15 is 0 Å².